The molecular formula is C26H32N2O7. The Labute approximate surface area is 204 Å². The Morgan fingerprint density at radius 1 is 0.914 bits per heavy atom. The minimum atomic E-state index is -1.07. The van der Waals surface area contributed by atoms with E-state index in [0.717, 1.165) is 22.3 Å². The quantitative estimate of drug-likeness (QED) is 0.399. The second-order valence-corrected chi connectivity index (χ2v) is 8.40. The summed E-state index contributed by atoms with van der Waals surface area (Å²) in [7, 11) is 3.07. The average molecular weight is 485 g/mol. The lowest BCUT2D eigenvalue weighted by molar-refractivity contribution is -0.137. The molecule has 2 unspecified atom stereocenters. The number of ether oxygens (including phenoxy) is 3. The van der Waals surface area contributed by atoms with Crippen LogP contribution in [-0.4, -0.2) is 69.2 Å². The van der Waals surface area contributed by atoms with Crippen LogP contribution in [0.2, 0.25) is 0 Å². The molecular weight excluding hydrogens is 452 g/mol. The van der Waals surface area contributed by atoms with Crippen molar-refractivity contribution in [2.75, 3.05) is 34.0 Å². The fourth-order valence-electron chi connectivity index (χ4n) is 4.28. The first-order chi connectivity index (χ1) is 16.9. The van der Waals surface area contributed by atoms with E-state index in [2.05, 4.69) is 10.6 Å². The number of carbonyl (C=O) groups excluding carboxylic acids is 2. The van der Waals surface area contributed by atoms with Crippen molar-refractivity contribution in [3.05, 3.63) is 59.7 Å². The molecule has 0 fully saturated rings. The third-order valence-electron chi connectivity index (χ3n) is 5.98. The highest BCUT2D eigenvalue weighted by atomic mass is 16.5. The fourth-order valence-corrected chi connectivity index (χ4v) is 4.28. The topological polar surface area (TPSA) is 123 Å². The largest absolute Gasteiger partial charge is 0.481 e. The standard InChI is InChI=1S/C26H32N2O7/c1-33-14-13-17(15-34-2)27-25(31)23(11-12-24(29)30)28-26(32)35-16-22-20-9-5-3-7-18(20)19-8-4-6-10-21(19)22/h3-10,17,22-23H,11-16H2,1-2H3,(H,27,31)(H,28,32)(H,29,30). The molecule has 3 rings (SSSR count). The maximum Gasteiger partial charge on any atom is 0.407 e. The number of methoxy groups -OCH3 is 2. The van der Waals surface area contributed by atoms with Gasteiger partial charge in [-0.1, -0.05) is 48.5 Å². The SMILES string of the molecule is COCCC(COC)NC(=O)C(CCC(=O)O)NC(=O)OCC1c2ccccc2-c2ccccc21. The van der Waals surface area contributed by atoms with Crippen LogP contribution in [0.4, 0.5) is 4.79 Å². The van der Waals surface area contributed by atoms with E-state index in [0.29, 0.717) is 13.0 Å². The molecule has 188 valence electrons. The highest BCUT2D eigenvalue weighted by Gasteiger charge is 2.30. The van der Waals surface area contributed by atoms with Crippen LogP contribution in [-0.2, 0) is 23.8 Å². The lowest BCUT2D eigenvalue weighted by atomic mass is 9.98. The van der Waals surface area contributed by atoms with E-state index < -0.39 is 24.0 Å². The average Bonchev–Trinajstić information content (AvgIpc) is 3.17. The van der Waals surface area contributed by atoms with Crippen LogP contribution in [0, 0.1) is 0 Å². The highest BCUT2D eigenvalue weighted by molar-refractivity contribution is 5.86. The van der Waals surface area contributed by atoms with Crippen LogP contribution in [0.15, 0.2) is 48.5 Å². The summed E-state index contributed by atoms with van der Waals surface area (Å²) in [4.78, 5) is 36.6. The van der Waals surface area contributed by atoms with Gasteiger partial charge in [0.2, 0.25) is 5.91 Å². The van der Waals surface area contributed by atoms with Crippen molar-refractivity contribution in [1.82, 2.24) is 10.6 Å². The van der Waals surface area contributed by atoms with Gasteiger partial charge < -0.3 is 30.0 Å². The van der Waals surface area contributed by atoms with E-state index in [1.807, 2.05) is 48.5 Å². The van der Waals surface area contributed by atoms with E-state index in [-0.39, 0.29) is 38.0 Å². The molecule has 0 saturated carbocycles. The number of rotatable bonds is 13. The number of carboxylic acid groups (broad SMARTS) is 1. The summed E-state index contributed by atoms with van der Waals surface area (Å²) in [6.07, 6.45) is -0.630. The Morgan fingerprint density at radius 3 is 2.11 bits per heavy atom. The van der Waals surface area contributed by atoms with Crippen molar-refractivity contribution in [1.29, 1.82) is 0 Å². The number of carbonyl (C=O) groups is 3. The van der Waals surface area contributed by atoms with Gasteiger partial charge in [0.25, 0.3) is 0 Å². The van der Waals surface area contributed by atoms with Gasteiger partial charge >= 0.3 is 12.1 Å². The van der Waals surface area contributed by atoms with Crippen LogP contribution in [0.5, 0.6) is 0 Å². The monoisotopic (exact) mass is 484 g/mol. The van der Waals surface area contributed by atoms with Crippen LogP contribution >= 0.6 is 0 Å². The van der Waals surface area contributed by atoms with Gasteiger partial charge in [-0.3, -0.25) is 9.59 Å². The summed E-state index contributed by atoms with van der Waals surface area (Å²) in [5.41, 5.74) is 4.36. The zero-order valence-corrected chi connectivity index (χ0v) is 20.0. The van der Waals surface area contributed by atoms with Crippen LogP contribution in [0.3, 0.4) is 0 Å². The minimum absolute atomic E-state index is 0.0741. The number of amides is 2. The highest BCUT2D eigenvalue weighted by Crippen LogP contribution is 2.44. The molecule has 0 saturated heterocycles. The first-order valence-electron chi connectivity index (χ1n) is 11.6. The van der Waals surface area contributed by atoms with Gasteiger partial charge in [-0.2, -0.15) is 0 Å². The number of carboxylic acids is 1. The molecule has 2 amide bonds. The summed E-state index contributed by atoms with van der Waals surface area (Å²) in [6, 6.07) is 14.5. The normalized spacial score (nSPS) is 13.9. The molecule has 3 N–H and O–H groups in total. The maximum absolute atomic E-state index is 12.9. The molecule has 1 aliphatic rings. The Kier molecular flexibility index (Phi) is 9.63. The Hall–Kier alpha value is -3.43. The summed E-state index contributed by atoms with van der Waals surface area (Å²) in [5.74, 6) is -1.69. The van der Waals surface area contributed by atoms with E-state index >= 15 is 0 Å². The second-order valence-electron chi connectivity index (χ2n) is 8.40. The van der Waals surface area contributed by atoms with Gasteiger partial charge in [0.1, 0.15) is 12.6 Å². The number of hydrogen-bond acceptors (Lipinski definition) is 6. The van der Waals surface area contributed by atoms with Gasteiger partial charge in [0, 0.05) is 33.2 Å². The molecule has 0 spiro atoms. The van der Waals surface area contributed by atoms with Gasteiger partial charge in [0.15, 0.2) is 0 Å². The first kappa shape index (κ1) is 26.2. The summed E-state index contributed by atoms with van der Waals surface area (Å²) in [5, 5.41) is 14.4. The molecule has 0 radical (unpaired) electrons. The molecule has 2 aromatic rings. The number of alkyl carbamates (subject to hydrolysis) is 1. The van der Waals surface area contributed by atoms with Crippen LogP contribution in [0.1, 0.15) is 36.3 Å². The summed E-state index contributed by atoms with van der Waals surface area (Å²) >= 11 is 0. The number of benzene rings is 2. The second kappa shape index (κ2) is 12.9. The van der Waals surface area contributed by atoms with Crippen LogP contribution < -0.4 is 10.6 Å². The Balaban J connectivity index is 1.64. The molecule has 9 heteroatoms. The fraction of sp³-hybridized carbons (Fsp3) is 0.423. The Bertz CT molecular complexity index is 981. The summed E-state index contributed by atoms with van der Waals surface area (Å²) < 4.78 is 15.7. The van der Waals surface area contributed by atoms with Crippen molar-refractivity contribution in [3.8, 4) is 11.1 Å². The zero-order valence-electron chi connectivity index (χ0n) is 20.0. The van der Waals surface area contributed by atoms with E-state index in [1.54, 1.807) is 7.11 Å². The number of fused-ring (bicyclic) bond motifs is 3. The number of hydrogen-bond donors (Lipinski definition) is 3. The third-order valence-corrected chi connectivity index (χ3v) is 5.98. The van der Waals surface area contributed by atoms with Gasteiger partial charge in [-0.05, 0) is 35.1 Å². The Morgan fingerprint density at radius 2 is 1.54 bits per heavy atom. The lowest BCUT2D eigenvalue weighted by Crippen LogP contribution is -2.51. The molecule has 35 heavy (non-hydrogen) atoms. The minimum Gasteiger partial charge on any atom is -0.481 e. The van der Waals surface area contributed by atoms with E-state index in [1.165, 1.54) is 7.11 Å². The van der Waals surface area contributed by atoms with Crippen LogP contribution in [0.25, 0.3) is 11.1 Å². The smallest absolute Gasteiger partial charge is 0.407 e. The molecule has 9 nitrogen and oxygen atoms in total. The van der Waals surface area contributed by atoms with E-state index in [4.69, 9.17) is 19.3 Å². The van der Waals surface area contributed by atoms with Crippen molar-refractivity contribution in [3.63, 3.8) is 0 Å². The lowest BCUT2D eigenvalue weighted by Gasteiger charge is -2.23. The van der Waals surface area contributed by atoms with Crippen molar-refractivity contribution in [2.45, 2.75) is 37.3 Å². The molecule has 2 aromatic carbocycles. The number of aliphatic carboxylic acids is 1. The van der Waals surface area contributed by atoms with Crippen molar-refractivity contribution < 1.29 is 33.7 Å². The van der Waals surface area contributed by atoms with Crippen molar-refractivity contribution >= 4 is 18.0 Å². The molecule has 1 aliphatic carbocycles. The van der Waals surface area contributed by atoms with Gasteiger partial charge in [-0.25, -0.2) is 4.79 Å². The first-order valence-corrected chi connectivity index (χ1v) is 11.6. The molecule has 0 bridgehead atoms. The van der Waals surface area contributed by atoms with E-state index in [9.17, 15) is 14.4 Å². The predicted molar refractivity (Wildman–Crippen MR) is 129 cm³/mol. The van der Waals surface area contributed by atoms with Gasteiger partial charge in [0.05, 0.1) is 12.6 Å². The van der Waals surface area contributed by atoms with Crippen molar-refractivity contribution in [2.24, 2.45) is 0 Å². The molecule has 0 aliphatic heterocycles. The molecule has 0 aromatic heterocycles. The number of nitrogens with one attached hydrogen (secondary N) is 2. The molecule has 2 atom stereocenters. The van der Waals surface area contributed by atoms with Gasteiger partial charge in [-0.15, -0.1) is 0 Å². The predicted octanol–water partition coefficient (Wildman–Crippen LogP) is 2.93. The zero-order chi connectivity index (χ0) is 25.2. The summed E-state index contributed by atoms with van der Waals surface area (Å²) in [6.45, 7) is 0.757. The third kappa shape index (κ3) is 7.03. The molecule has 0 heterocycles. The maximum atomic E-state index is 12.9.